The van der Waals surface area contributed by atoms with Gasteiger partial charge in [0.15, 0.2) is 5.65 Å². The number of benzene rings is 2. The van der Waals surface area contributed by atoms with E-state index < -0.39 is 0 Å². The van der Waals surface area contributed by atoms with Crippen LogP contribution >= 0.6 is 0 Å². The van der Waals surface area contributed by atoms with Crippen molar-refractivity contribution in [1.29, 1.82) is 0 Å². The van der Waals surface area contributed by atoms with Crippen molar-refractivity contribution in [3.8, 4) is 5.69 Å². The third kappa shape index (κ3) is 3.29. The molecule has 140 valence electrons. The maximum absolute atomic E-state index is 12.7. The monoisotopic (exact) mass is 373 g/mol. The van der Waals surface area contributed by atoms with Crippen molar-refractivity contribution < 1.29 is 4.79 Å². The number of rotatable bonds is 4. The zero-order chi connectivity index (χ0) is 19.7. The molecule has 0 saturated carbocycles. The first-order valence-electron chi connectivity index (χ1n) is 8.90. The summed E-state index contributed by atoms with van der Waals surface area (Å²) < 4.78 is 2.72. The van der Waals surface area contributed by atoms with E-state index in [9.17, 15) is 9.59 Å². The maximum Gasteiger partial charge on any atom is 0.283 e. The van der Waals surface area contributed by atoms with Crippen LogP contribution in [0, 0.1) is 13.8 Å². The van der Waals surface area contributed by atoms with E-state index in [1.165, 1.54) is 18.1 Å². The molecule has 4 aromatic rings. The van der Waals surface area contributed by atoms with E-state index in [-0.39, 0.29) is 17.9 Å². The van der Waals surface area contributed by atoms with Gasteiger partial charge in [0.1, 0.15) is 11.7 Å². The Morgan fingerprint density at radius 2 is 1.86 bits per heavy atom. The molecule has 7 nitrogen and oxygen atoms in total. The predicted molar refractivity (Wildman–Crippen MR) is 107 cm³/mol. The van der Waals surface area contributed by atoms with Crippen LogP contribution in [0.2, 0.25) is 0 Å². The first kappa shape index (κ1) is 17.7. The van der Waals surface area contributed by atoms with E-state index in [1.807, 2.05) is 62.4 Å². The summed E-state index contributed by atoms with van der Waals surface area (Å²) in [6.07, 6.45) is 2.96. The van der Waals surface area contributed by atoms with Gasteiger partial charge >= 0.3 is 0 Å². The fourth-order valence-corrected chi connectivity index (χ4v) is 2.99. The number of carbonyl (C=O) groups is 1. The quantitative estimate of drug-likeness (QED) is 0.596. The Kier molecular flexibility index (Phi) is 4.49. The highest BCUT2D eigenvalue weighted by Crippen LogP contribution is 2.17. The molecule has 7 heteroatoms. The Morgan fingerprint density at radius 3 is 2.61 bits per heavy atom. The fraction of sp³-hybridized carbons (Fsp3) is 0.143. The largest absolute Gasteiger partial charge is 0.283 e. The smallest absolute Gasteiger partial charge is 0.273 e. The van der Waals surface area contributed by atoms with Crippen LogP contribution in [0.4, 0.5) is 0 Å². The third-order valence-electron chi connectivity index (χ3n) is 4.68. The molecule has 0 radical (unpaired) electrons. The van der Waals surface area contributed by atoms with Crippen molar-refractivity contribution in [1.82, 2.24) is 19.4 Å². The van der Waals surface area contributed by atoms with Gasteiger partial charge in [-0.3, -0.25) is 15.0 Å². The number of nitrogens with one attached hydrogen (secondary N) is 1. The predicted octanol–water partition coefficient (Wildman–Crippen LogP) is 2.51. The topological polar surface area (TPSA) is 81.8 Å². The van der Waals surface area contributed by atoms with Crippen LogP contribution in [0.3, 0.4) is 0 Å². The summed E-state index contributed by atoms with van der Waals surface area (Å²) in [7, 11) is 0. The number of aromatic nitrogens is 4. The minimum Gasteiger partial charge on any atom is -0.273 e. The first-order chi connectivity index (χ1) is 13.5. The van der Waals surface area contributed by atoms with Crippen molar-refractivity contribution in [3.05, 3.63) is 88.1 Å². The van der Waals surface area contributed by atoms with Crippen molar-refractivity contribution in [2.75, 3.05) is 5.43 Å². The molecule has 4 rings (SSSR count). The molecular weight excluding hydrogens is 354 g/mol. The van der Waals surface area contributed by atoms with Crippen LogP contribution in [-0.4, -0.2) is 25.3 Å². The van der Waals surface area contributed by atoms with E-state index in [0.29, 0.717) is 11.0 Å². The van der Waals surface area contributed by atoms with E-state index in [4.69, 9.17) is 0 Å². The van der Waals surface area contributed by atoms with Gasteiger partial charge in [-0.2, -0.15) is 5.10 Å². The molecule has 0 spiro atoms. The lowest BCUT2D eigenvalue weighted by Crippen LogP contribution is -2.34. The summed E-state index contributed by atoms with van der Waals surface area (Å²) in [5.74, 6) is -0.295. The number of aryl methyl sites for hydroxylation is 2. The summed E-state index contributed by atoms with van der Waals surface area (Å²) in [6.45, 7) is 4.06. The Labute approximate surface area is 161 Å². The zero-order valence-electron chi connectivity index (χ0n) is 15.6. The minimum absolute atomic E-state index is 0.174. The summed E-state index contributed by atoms with van der Waals surface area (Å²) >= 11 is 0. The molecule has 0 unspecified atom stereocenters. The Balaban J connectivity index is 1.64. The second kappa shape index (κ2) is 7.11. The van der Waals surface area contributed by atoms with Crippen molar-refractivity contribution >= 4 is 16.9 Å². The van der Waals surface area contributed by atoms with Gasteiger partial charge in [0, 0.05) is 0 Å². The standard InChI is InChI=1S/C21H19N5O2/c1-14-8-9-17(10-15(14)2)26-20-18(12-23-26)21(28)25(13-22-20)24-19(27)11-16-6-4-3-5-7-16/h3-10,12-13H,11H2,1-2H3,(H,24,27). The molecule has 2 aromatic carbocycles. The second-order valence-electron chi connectivity index (χ2n) is 6.68. The van der Waals surface area contributed by atoms with Gasteiger partial charge in [0.05, 0.1) is 18.3 Å². The van der Waals surface area contributed by atoms with Gasteiger partial charge in [0.25, 0.3) is 5.56 Å². The van der Waals surface area contributed by atoms with Crippen molar-refractivity contribution in [3.63, 3.8) is 0 Å². The number of hydrogen-bond donors (Lipinski definition) is 1. The highest BCUT2D eigenvalue weighted by molar-refractivity contribution is 5.86. The minimum atomic E-state index is -0.374. The van der Waals surface area contributed by atoms with Gasteiger partial charge in [0.2, 0.25) is 5.91 Å². The molecule has 0 fully saturated rings. The molecule has 0 aliphatic carbocycles. The summed E-state index contributed by atoms with van der Waals surface area (Å²) in [4.78, 5) is 29.3. The number of hydrogen-bond acceptors (Lipinski definition) is 4. The van der Waals surface area contributed by atoms with E-state index in [1.54, 1.807) is 4.68 Å². The van der Waals surface area contributed by atoms with Crippen LogP contribution in [0.1, 0.15) is 16.7 Å². The Morgan fingerprint density at radius 1 is 1.07 bits per heavy atom. The molecule has 0 aliphatic rings. The average Bonchev–Trinajstić information content (AvgIpc) is 3.12. The number of nitrogens with zero attached hydrogens (tertiary/aromatic N) is 4. The van der Waals surface area contributed by atoms with Gasteiger partial charge in [-0.05, 0) is 42.7 Å². The highest BCUT2D eigenvalue weighted by Gasteiger charge is 2.13. The average molecular weight is 373 g/mol. The number of amides is 1. The van der Waals surface area contributed by atoms with Crippen LogP contribution < -0.4 is 11.0 Å². The molecule has 1 N–H and O–H groups in total. The lowest BCUT2D eigenvalue weighted by Gasteiger charge is -2.09. The molecule has 28 heavy (non-hydrogen) atoms. The van der Waals surface area contributed by atoms with E-state index >= 15 is 0 Å². The first-order valence-corrected chi connectivity index (χ1v) is 8.90. The zero-order valence-corrected chi connectivity index (χ0v) is 15.6. The normalized spacial score (nSPS) is 10.9. The van der Waals surface area contributed by atoms with Gasteiger partial charge in [-0.15, -0.1) is 0 Å². The molecule has 0 atom stereocenters. The Hall–Kier alpha value is -3.74. The molecule has 0 aliphatic heterocycles. The lowest BCUT2D eigenvalue weighted by atomic mass is 10.1. The molecule has 2 aromatic heterocycles. The van der Waals surface area contributed by atoms with Gasteiger partial charge < -0.3 is 0 Å². The molecular formula is C21H19N5O2. The van der Waals surface area contributed by atoms with E-state index in [2.05, 4.69) is 15.5 Å². The lowest BCUT2D eigenvalue weighted by molar-refractivity contribution is -0.116. The van der Waals surface area contributed by atoms with Crippen molar-refractivity contribution in [2.45, 2.75) is 20.3 Å². The summed E-state index contributed by atoms with van der Waals surface area (Å²) in [5, 5.41) is 4.65. The molecule has 2 heterocycles. The summed E-state index contributed by atoms with van der Waals surface area (Å²) in [5.41, 5.74) is 6.65. The Bertz CT molecular complexity index is 1220. The highest BCUT2D eigenvalue weighted by atomic mass is 16.2. The van der Waals surface area contributed by atoms with Gasteiger partial charge in [-0.25, -0.2) is 14.3 Å². The van der Waals surface area contributed by atoms with Gasteiger partial charge in [-0.1, -0.05) is 36.4 Å². The second-order valence-corrected chi connectivity index (χ2v) is 6.68. The number of carbonyl (C=O) groups excluding carboxylic acids is 1. The molecule has 1 amide bonds. The van der Waals surface area contributed by atoms with Crippen LogP contribution in [0.25, 0.3) is 16.7 Å². The van der Waals surface area contributed by atoms with E-state index in [0.717, 1.165) is 21.5 Å². The SMILES string of the molecule is Cc1ccc(-n2ncc3c(=O)n(NC(=O)Cc4ccccc4)cnc32)cc1C. The molecule has 0 bridgehead atoms. The summed E-state index contributed by atoms with van der Waals surface area (Å²) in [6, 6.07) is 15.3. The number of fused-ring (bicyclic) bond motifs is 1. The molecule has 0 saturated heterocycles. The van der Waals surface area contributed by atoms with Crippen molar-refractivity contribution in [2.24, 2.45) is 0 Å². The fourth-order valence-electron chi connectivity index (χ4n) is 2.99. The van der Waals surface area contributed by atoms with Crippen LogP contribution in [0.5, 0.6) is 0 Å². The maximum atomic E-state index is 12.7. The van der Waals surface area contributed by atoms with Crippen LogP contribution in [0.15, 0.2) is 65.8 Å². The third-order valence-corrected chi connectivity index (χ3v) is 4.68. The van der Waals surface area contributed by atoms with Crippen LogP contribution in [-0.2, 0) is 11.2 Å².